The first-order valence-corrected chi connectivity index (χ1v) is 11.1. The van der Waals surface area contributed by atoms with Gasteiger partial charge in [0.05, 0.1) is 16.8 Å². The average molecular weight is 419 g/mol. The molecule has 1 saturated carbocycles. The van der Waals surface area contributed by atoms with Crippen molar-refractivity contribution in [3.63, 3.8) is 0 Å². The van der Waals surface area contributed by atoms with E-state index in [-0.39, 0.29) is 11.5 Å². The highest BCUT2D eigenvalue weighted by Gasteiger charge is 2.22. The van der Waals surface area contributed by atoms with Crippen LogP contribution in [0.5, 0.6) is 0 Å². The molecule has 0 aliphatic heterocycles. The molecule has 31 heavy (non-hydrogen) atoms. The highest BCUT2D eigenvalue weighted by Crippen LogP contribution is 2.29. The largest absolute Gasteiger partial charge is 0.352 e. The van der Waals surface area contributed by atoms with E-state index in [9.17, 15) is 9.59 Å². The van der Waals surface area contributed by atoms with Gasteiger partial charge >= 0.3 is 0 Å². The molecule has 3 aromatic rings. The fourth-order valence-corrected chi connectivity index (χ4v) is 4.62. The molecule has 2 heterocycles. The number of aromatic nitrogens is 2. The van der Waals surface area contributed by atoms with Gasteiger partial charge in [0.15, 0.2) is 0 Å². The van der Waals surface area contributed by atoms with E-state index in [1.165, 1.54) is 18.9 Å². The van der Waals surface area contributed by atoms with Gasteiger partial charge in [0.1, 0.15) is 0 Å². The van der Waals surface area contributed by atoms with Crippen molar-refractivity contribution in [2.45, 2.75) is 32.6 Å². The molecule has 1 aliphatic carbocycles. The first-order chi connectivity index (χ1) is 15.0. The molecule has 0 unspecified atom stereocenters. The zero-order valence-corrected chi connectivity index (χ0v) is 18.2. The zero-order valence-electron chi connectivity index (χ0n) is 18.2. The lowest BCUT2D eigenvalue weighted by molar-refractivity contribution is 0.0943. The van der Waals surface area contributed by atoms with Gasteiger partial charge in [-0.25, -0.2) is 4.98 Å². The van der Waals surface area contributed by atoms with Crippen LogP contribution in [0.4, 0.5) is 0 Å². The van der Waals surface area contributed by atoms with Crippen LogP contribution in [0.2, 0.25) is 0 Å². The van der Waals surface area contributed by atoms with Crippen molar-refractivity contribution in [3.8, 4) is 11.3 Å². The number of carbonyl (C=O) groups is 1. The molecular weight excluding hydrogens is 388 g/mol. The molecule has 1 aromatic carbocycles. The molecule has 6 heteroatoms. The van der Waals surface area contributed by atoms with E-state index in [4.69, 9.17) is 4.98 Å². The van der Waals surface area contributed by atoms with Gasteiger partial charge in [-0.2, -0.15) is 0 Å². The van der Waals surface area contributed by atoms with Crippen LogP contribution in [0.15, 0.2) is 47.3 Å². The van der Waals surface area contributed by atoms with Crippen LogP contribution >= 0.6 is 0 Å². The van der Waals surface area contributed by atoms with Gasteiger partial charge in [0.25, 0.3) is 5.91 Å². The van der Waals surface area contributed by atoms with Crippen molar-refractivity contribution in [2.75, 3.05) is 20.1 Å². The number of benzene rings is 1. The zero-order chi connectivity index (χ0) is 21.8. The molecule has 3 N–H and O–H groups in total. The van der Waals surface area contributed by atoms with Crippen LogP contribution in [0.1, 0.15) is 41.7 Å². The molecule has 1 aliphatic rings. The Morgan fingerprint density at radius 2 is 1.77 bits per heavy atom. The normalized spacial score (nSPS) is 18.8. The Balaban J connectivity index is 1.56. The molecule has 2 aromatic heterocycles. The summed E-state index contributed by atoms with van der Waals surface area (Å²) in [4.78, 5) is 32.4. The second kappa shape index (κ2) is 9.43. The van der Waals surface area contributed by atoms with Gasteiger partial charge in [0.2, 0.25) is 5.56 Å². The number of aromatic amines is 1. The van der Waals surface area contributed by atoms with Gasteiger partial charge in [0, 0.05) is 29.3 Å². The second-order valence-electron chi connectivity index (χ2n) is 8.59. The van der Waals surface area contributed by atoms with Gasteiger partial charge in [-0.15, -0.1) is 0 Å². The van der Waals surface area contributed by atoms with E-state index < -0.39 is 0 Å². The molecule has 0 atom stereocenters. The predicted octanol–water partition coefficient (Wildman–Crippen LogP) is 3.65. The molecule has 0 bridgehead atoms. The fourth-order valence-electron chi connectivity index (χ4n) is 4.62. The van der Waals surface area contributed by atoms with Crippen molar-refractivity contribution in [3.05, 3.63) is 64.1 Å². The second-order valence-corrected chi connectivity index (χ2v) is 8.59. The van der Waals surface area contributed by atoms with E-state index in [0.29, 0.717) is 23.7 Å². The van der Waals surface area contributed by atoms with Crippen molar-refractivity contribution in [1.82, 2.24) is 20.6 Å². The maximum absolute atomic E-state index is 13.2. The minimum atomic E-state index is -0.149. The minimum Gasteiger partial charge on any atom is -0.352 e. The first-order valence-electron chi connectivity index (χ1n) is 11.1. The third-order valence-corrected chi connectivity index (χ3v) is 6.36. The molecule has 0 saturated heterocycles. The standard InChI is InChI=1S/C25H30N4O2/c1-16-19(11-12-24(30)28-16)23-13-21(20-5-3-4-6-22(20)29-23)25(31)27-15-18-9-7-17(8-10-18)14-26-2/h3-6,11-13,17-18,26H,7-10,14-15H2,1-2H3,(H,27,31)(H,28,30)/t17-,18-. The van der Waals surface area contributed by atoms with Crippen LogP contribution in [0.3, 0.4) is 0 Å². The highest BCUT2D eigenvalue weighted by molar-refractivity contribution is 6.07. The fraction of sp³-hybridized carbons (Fsp3) is 0.400. The molecule has 6 nitrogen and oxygen atoms in total. The Hall–Kier alpha value is -2.99. The van der Waals surface area contributed by atoms with Crippen molar-refractivity contribution < 1.29 is 4.79 Å². The lowest BCUT2D eigenvalue weighted by Crippen LogP contribution is -2.32. The molecule has 0 radical (unpaired) electrons. The molecular formula is C25H30N4O2. The summed E-state index contributed by atoms with van der Waals surface area (Å²) in [5.74, 6) is 1.22. The minimum absolute atomic E-state index is 0.0701. The Labute approximate surface area is 182 Å². The number of rotatable bonds is 6. The third-order valence-electron chi connectivity index (χ3n) is 6.36. The summed E-state index contributed by atoms with van der Waals surface area (Å²) in [5.41, 5.74) is 3.48. The summed E-state index contributed by atoms with van der Waals surface area (Å²) >= 11 is 0. The Bertz CT molecular complexity index is 1130. The Morgan fingerprint density at radius 1 is 1.06 bits per heavy atom. The number of hydrogen-bond donors (Lipinski definition) is 3. The number of nitrogens with one attached hydrogen (secondary N) is 3. The molecule has 1 fully saturated rings. The first kappa shape index (κ1) is 21.2. The summed E-state index contributed by atoms with van der Waals surface area (Å²) in [6.45, 7) is 3.63. The smallest absolute Gasteiger partial charge is 0.252 e. The van der Waals surface area contributed by atoms with Crippen molar-refractivity contribution >= 4 is 16.8 Å². The average Bonchev–Trinajstić information content (AvgIpc) is 2.78. The SMILES string of the molecule is CNC[C@H]1CC[C@H](CNC(=O)c2cc(-c3ccc(=O)[nH]c3C)nc3ccccc23)CC1. The van der Waals surface area contributed by atoms with Crippen molar-refractivity contribution in [1.29, 1.82) is 0 Å². The van der Waals surface area contributed by atoms with E-state index in [1.54, 1.807) is 6.07 Å². The lowest BCUT2D eigenvalue weighted by Gasteiger charge is -2.28. The Kier molecular flexibility index (Phi) is 6.47. The number of hydrogen-bond acceptors (Lipinski definition) is 4. The third kappa shape index (κ3) is 4.85. The van der Waals surface area contributed by atoms with Gasteiger partial charge < -0.3 is 15.6 Å². The van der Waals surface area contributed by atoms with Crippen LogP contribution in [0, 0.1) is 18.8 Å². The monoisotopic (exact) mass is 418 g/mol. The number of aryl methyl sites for hydroxylation is 1. The van der Waals surface area contributed by atoms with Crippen LogP contribution in [-0.2, 0) is 0 Å². The lowest BCUT2D eigenvalue weighted by atomic mass is 9.82. The summed E-state index contributed by atoms with van der Waals surface area (Å²) in [7, 11) is 2.01. The topological polar surface area (TPSA) is 86.9 Å². The Morgan fingerprint density at radius 3 is 2.48 bits per heavy atom. The van der Waals surface area contributed by atoms with Gasteiger partial charge in [-0.3, -0.25) is 9.59 Å². The van der Waals surface area contributed by atoms with E-state index >= 15 is 0 Å². The number of para-hydroxylation sites is 1. The van der Waals surface area contributed by atoms with Crippen LogP contribution in [-0.4, -0.2) is 36.0 Å². The van der Waals surface area contributed by atoms with Crippen LogP contribution in [0.25, 0.3) is 22.2 Å². The number of nitrogens with zero attached hydrogens (tertiary/aromatic N) is 1. The quantitative estimate of drug-likeness (QED) is 0.570. The number of carbonyl (C=O) groups excluding carboxylic acids is 1. The number of amides is 1. The molecule has 4 rings (SSSR count). The van der Waals surface area contributed by atoms with Crippen molar-refractivity contribution in [2.24, 2.45) is 11.8 Å². The van der Waals surface area contributed by atoms with Crippen LogP contribution < -0.4 is 16.2 Å². The summed E-state index contributed by atoms with van der Waals surface area (Å²) in [6, 6.07) is 12.8. The number of pyridine rings is 2. The molecule has 1 amide bonds. The predicted molar refractivity (Wildman–Crippen MR) is 124 cm³/mol. The summed E-state index contributed by atoms with van der Waals surface area (Å²) in [6.07, 6.45) is 4.75. The highest BCUT2D eigenvalue weighted by atomic mass is 16.1. The van der Waals surface area contributed by atoms with E-state index in [0.717, 1.165) is 47.5 Å². The molecule has 0 spiro atoms. The van der Waals surface area contributed by atoms with Gasteiger partial charge in [-0.05, 0) is 76.2 Å². The molecule has 162 valence electrons. The maximum atomic E-state index is 13.2. The number of fused-ring (bicyclic) bond motifs is 1. The van der Waals surface area contributed by atoms with E-state index in [2.05, 4.69) is 15.6 Å². The number of H-pyrrole nitrogens is 1. The summed E-state index contributed by atoms with van der Waals surface area (Å²) in [5, 5.41) is 7.28. The van der Waals surface area contributed by atoms with E-state index in [1.807, 2.05) is 44.3 Å². The maximum Gasteiger partial charge on any atom is 0.252 e. The van der Waals surface area contributed by atoms with Gasteiger partial charge in [-0.1, -0.05) is 18.2 Å². The summed E-state index contributed by atoms with van der Waals surface area (Å²) < 4.78 is 0.